The lowest BCUT2D eigenvalue weighted by molar-refractivity contribution is -0.138. The van der Waals surface area contributed by atoms with E-state index in [9.17, 15) is 23.4 Å². The van der Waals surface area contributed by atoms with Crippen LogP contribution in [0.3, 0.4) is 0 Å². The van der Waals surface area contributed by atoms with Crippen LogP contribution in [0.15, 0.2) is 12.3 Å². The molecule has 1 aromatic heterocycles. The van der Waals surface area contributed by atoms with Gasteiger partial charge in [-0.25, -0.2) is 4.98 Å². The number of rotatable bonds is 5. The molecule has 2 N–H and O–H groups in total. The molecular formula is C11H13ClF3NO3. The number of aliphatic hydroxyl groups excluding tert-OH is 2. The number of hydrogen-bond donors (Lipinski definition) is 2. The molecule has 0 amide bonds. The summed E-state index contributed by atoms with van der Waals surface area (Å²) in [5.74, 6) is -0.110. The van der Waals surface area contributed by atoms with Crippen molar-refractivity contribution < 1.29 is 28.1 Å². The molecule has 0 spiro atoms. The number of ether oxygens (including phenoxy) is 1. The number of nitrogens with zero attached hydrogens (tertiary/aromatic N) is 1. The molecule has 0 aliphatic heterocycles. The fourth-order valence-electron chi connectivity index (χ4n) is 1.48. The van der Waals surface area contributed by atoms with E-state index in [1.807, 2.05) is 0 Å². The van der Waals surface area contributed by atoms with Crippen LogP contribution in [0.25, 0.3) is 0 Å². The van der Waals surface area contributed by atoms with Gasteiger partial charge in [0.1, 0.15) is 6.10 Å². The van der Waals surface area contributed by atoms with Gasteiger partial charge in [-0.05, 0) is 12.5 Å². The van der Waals surface area contributed by atoms with Crippen molar-refractivity contribution >= 4 is 11.6 Å². The van der Waals surface area contributed by atoms with Crippen LogP contribution in [-0.2, 0) is 6.18 Å². The number of pyridine rings is 1. The molecule has 0 aromatic carbocycles. The van der Waals surface area contributed by atoms with Gasteiger partial charge in [0.15, 0.2) is 0 Å². The Kier molecular flexibility index (Phi) is 5.39. The average molecular weight is 300 g/mol. The number of halogens is 4. The SMILES string of the molecule is COc1ncc(C(F)(F)F)cc1C(O)C(O)CCCl. The Hall–Kier alpha value is -1.05. The zero-order chi connectivity index (χ0) is 14.6. The van der Waals surface area contributed by atoms with Crippen molar-refractivity contribution in [2.24, 2.45) is 0 Å². The molecule has 1 heterocycles. The first-order chi connectivity index (χ1) is 8.81. The Labute approximate surface area is 112 Å². The standard InChI is InChI=1S/C11H13ClF3NO3/c1-19-10-7(9(18)8(17)2-3-12)4-6(5-16-10)11(13,14)15/h4-5,8-9,17-18H,2-3H2,1H3. The molecule has 8 heteroatoms. The monoisotopic (exact) mass is 299 g/mol. The molecule has 0 radical (unpaired) electrons. The summed E-state index contributed by atoms with van der Waals surface area (Å²) in [7, 11) is 1.21. The summed E-state index contributed by atoms with van der Waals surface area (Å²) in [6.45, 7) is 0. The first-order valence-electron chi connectivity index (χ1n) is 5.34. The molecule has 0 aliphatic carbocycles. The van der Waals surface area contributed by atoms with Crippen molar-refractivity contribution in [3.63, 3.8) is 0 Å². The van der Waals surface area contributed by atoms with Gasteiger partial charge in [0.05, 0.1) is 18.8 Å². The number of aromatic nitrogens is 1. The van der Waals surface area contributed by atoms with Crippen LogP contribution in [0.4, 0.5) is 13.2 Å². The number of methoxy groups -OCH3 is 1. The lowest BCUT2D eigenvalue weighted by Gasteiger charge is -2.20. The highest BCUT2D eigenvalue weighted by molar-refractivity contribution is 6.17. The molecule has 2 unspecified atom stereocenters. The predicted molar refractivity (Wildman–Crippen MR) is 62.1 cm³/mol. The largest absolute Gasteiger partial charge is 0.481 e. The summed E-state index contributed by atoms with van der Waals surface area (Å²) < 4.78 is 42.5. The first kappa shape index (κ1) is 16.0. The maximum Gasteiger partial charge on any atom is 0.417 e. The van der Waals surface area contributed by atoms with E-state index in [1.165, 1.54) is 7.11 Å². The molecule has 0 aliphatic rings. The van der Waals surface area contributed by atoms with E-state index >= 15 is 0 Å². The quantitative estimate of drug-likeness (QED) is 0.818. The minimum absolute atomic E-state index is 0.0299. The first-order valence-corrected chi connectivity index (χ1v) is 5.88. The Balaban J connectivity index is 3.15. The van der Waals surface area contributed by atoms with Crippen LogP contribution in [0, 0.1) is 0 Å². The Bertz CT molecular complexity index is 428. The molecule has 0 fully saturated rings. The summed E-state index contributed by atoms with van der Waals surface area (Å²) in [4.78, 5) is 3.48. The van der Waals surface area contributed by atoms with Crippen LogP contribution < -0.4 is 4.74 Å². The highest BCUT2D eigenvalue weighted by Crippen LogP contribution is 2.34. The third kappa shape index (κ3) is 3.95. The zero-order valence-corrected chi connectivity index (χ0v) is 10.7. The molecular weight excluding hydrogens is 287 g/mol. The van der Waals surface area contributed by atoms with Gasteiger partial charge in [0.2, 0.25) is 5.88 Å². The van der Waals surface area contributed by atoms with Crippen molar-refractivity contribution in [2.45, 2.75) is 24.8 Å². The lowest BCUT2D eigenvalue weighted by atomic mass is 10.0. The van der Waals surface area contributed by atoms with Gasteiger partial charge in [0.25, 0.3) is 0 Å². The molecule has 2 atom stereocenters. The van der Waals surface area contributed by atoms with Crippen molar-refractivity contribution in [3.05, 3.63) is 23.4 Å². The molecule has 1 rings (SSSR count). The third-order valence-electron chi connectivity index (χ3n) is 2.49. The topological polar surface area (TPSA) is 62.6 Å². The molecule has 4 nitrogen and oxygen atoms in total. The maximum absolute atomic E-state index is 12.6. The maximum atomic E-state index is 12.6. The van der Waals surface area contributed by atoms with Crippen LogP contribution in [0.2, 0.25) is 0 Å². The van der Waals surface area contributed by atoms with Gasteiger partial charge in [0, 0.05) is 17.6 Å². The summed E-state index contributed by atoms with van der Waals surface area (Å²) in [6.07, 6.45) is -6.81. The highest BCUT2D eigenvalue weighted by atomic mass is 35.5. The van der Waals surface area contributed by atoms with Gasteiger partial charge in [-0.15, -0.1) is 11.6 Å². The van der Waals surface area contributed by atoms with Gasteiger partial charge < -0.3 is 14.9 Å². The molecule has 0 saturated heterocycles. The number of hydrogen-bond acceptors (Lipinski definition) is 4. The summed E-state index contributed by atoms with van der Waals surface area (Å²) in [6, 6.07) is 0.702. The van der Waals surface area contributed by atoms with E-state index in [0.29, 0.717) is 12.3 Å². The second kappa shape index (κ2) is 6.40. The second-order valence-corrected chi connectivity index (χ2v) is 4.19. The van der Waals surface area contributed by atoms with Crippen molar-refractivity contribution in [2.75, 3.05) is 13.0 Å². The van der Waals surface area contributed by atoms with Crippen molar-refractivity contribution in [3.8, 4) is 5.88 Å². The summed E-state index contributed by atoms with van der Waals surface area (Å²) in [5, 5.41) is 19.4. The highest BCUT2D eigenvalue weighted by Gasteiger charge is 2.33. The molecule has 0 bridgehead atoms. The smallest absolute Gasteiger partial charge is 0.417 e. The summed E-state index contributed by atoms with van der Waals surface area (Å²) in [5.41, 5.74) is -1.25. The molecule has 0 saturated carbocycles. The van der Waals surface area contributed by atoms with E-state index in [2.05, 4.69) is 4.98 Å². The Morgan fingerprint density at radius 2 is 2.05 bits per heavy atom. The van der Waals surface area contributed by atoms with Crippen LogP contribution in [0.5, 0.6) is 5.88 Å². The summed E-state index contributed by atoms with van der Waals surface area (Å²) >= 11 is 5.41. The Morgan fingerprint density at radius 1 is 1.42 bits per heavy atom. The van der Waals surface area contributed by atoms with Crippen molar-refractivity contribution in [1.29, 1.82) is 0 Å². The fraction of sp³-hybridized carbons (Fsp3) is 0.545. The molecule has 19 heavy (non-hydrogen) atoms. The average Bonchev–Trinajstić information content (AvgIpc) is 2.36. The normalized spacial score (nSPS) is 15.1. The minimum Gasteiger partial charge on any atom is -0.481 e. The van der Waals surface area contributed by atoms with Crippen molar-refractivity contribution in [1.82, 2.24) is 4.98 Å². The minimum atomic E-state index is -4.59. The van der Waals surface area contributed by atoms with Crippen LogP contribution in [0.1, 0.15) is 23.7 Å². The molecule has 108 valence electrons. The van der Waals surface area contributed by atoms with E-state index < -0.39 is 23.9 Å². The van der Waals surface area contributed by atoms with E-state index in [4.69, 9.17) is 16.3 Å². The predicted octanol–water partition coefficient (Wildman–Crippen LogP) is 2.13. The van der Waals surface area contributed by atoms with Gasteiger partial charge in [-0.3, -0.25) is 0 Å². The Morgan fingerprint density at radius 3 is 2.53 bits per heavy atom. The van der Waals surface area contributed by atoms with E-state index in [-0.39, 0.29) is 23.7 Å². The lowest BCUT2D eigenvalue weighted by Crippen LogP contribution is -2.20. The number of alkyl halides is 4. The van der Waals surface area contributed by atoms with Crippen LogP contribution in [-0.4, -0.2) is 34.3 Å². The van der Waals surface area contributed by atoms with E-state index in [0.717, 1.165) is 0 Å². The van der Waals surface area contributed by atoms with E-state index in [1.54, 1.807) is 0 Å². The second-order valence-electron chi connectivity index (χ2n) is 3.81. The third-order valence-corrected chi connectivity index (χ3v) is 2.71. The van der Waals surface area contributed by atoms with Gasteiger partial charge >= 0.3 is 6.18 Å². The molecule has 1 aromatic rings. The van der Waals surface area contributed by atoms with Gasteiger partial charge in [-0.2, -0.15) is 13.2 Å². The fourth-order valence-corrected chi connectivity index (χ4v) is 1.71. The van der Waals surface area contributed by atoms with Gasteiger partial charge in [-0.1, -0.05) is 0 Å². The zero-order valence-electron chi connectivity index (χ0n) is 9.99. The number of aliphatic hydroxyl groups is 2. The van der Waals surface area contributed by atoms with Crippen LogP contribution >= 0.6 is 11.6 Å².